The number of hydrogen-bond acceptors (Lipinski definition) is 5. The Labute approximate surface area is 103 Å². The number of piperidine rings is 1. The lowest BCUT2D eigenvalue weighted by Gasteiger charge is -2.24. The van der Waals surface area contributed by atoms with E-state index >= 15 is 0 Å². The summed E-state index contributed by atoms with van der Waals surface area (Å²) in [7, 11) is 0. The molecule has 1 fully saturated rings. The van der Waals surface area contributed by atoms with Gasteiger partial charge in [-0.3, -0.25) is 5.10 Å². The topological polar surface area (TPSA) is 78.5 Å². The van der Waals surface area contributed by atoms with Crippen LogP contribution in [-0.4, -0.2) is 39.3 Å². The van der Waals surface area contributed by atoms with E-state index in [2.05, 4.69) is 30.8 Å². The first kappa shape index (κ1) is 10.7. The van der Waals surface area contributed by atoms with Crippen molar-refractivity contribution in [1.82, 2.24) is 25.5 Å². The number of H-pyrrole nitrogens is 1. The summed E-state index contributed by atoms with van der Waals surface area (Å²) in [5.74, 6) is 0.752. The van der Waals surface area contributed by atoms with E-state index in [1.165, 1.54) is 6.42 Å². The first-order valence-electron chi connectivity index (χ1n) is 5.67. The summed E-state index contributed by atoms with van der Waals surface area (Å²) < 4.78 is 0. The van der Waals surface area contributed by atoms with Gasteiger partial charge in [-0.25, -0.2) is 0 Å². The molecule has 3 rings (SSSR count). The maximum absolute atomic E-state index is 5.87. The van der Waals surface area contributed by atoms with Gasteiger partial charge in [0.15, 0.2) is 5.65 Å². The SMILES string of the molecule is Clc1nc(N[C@@H]2CCCNC2)c2cn[nH]c2n1. The molecule has 3 heterocycles. The molecule has 6 nitrogen and oxygen atoms in total. The Morgan fingerprint density at radius 3 is 3.18 bits per heavy atom. The van der Waals surface area contributed by atoms with Crippen molar-refractivity contribution in [3.05, 3.63) is 11.5 Å². The lowest BCUT2D eigenvalue weighted by Crippen LogP contribution is -2.38. The number of nitrogens with zero attached hydrogens (tertiary/aromatic N) is 3. The summed E-state index contributed by atoms with van der Waals surface area (Å²) in [6.07, 6.45) is 4.02. The van der Waals surface area contributed by atoms with Crippen LogP contribution in [0.15, 0.2) is 6.20 Å². The predicted octanol–water partition coefficient (Wildman–Crippen LogP) is 1.17. The van der Waals surface area contributed by atoms with Gasteiger partial charge in [0.05, 0.1) is 11.6 Å². The van der Waals surface area contributed by atoms with E-state index in [-0.39, 0.29) is 5.28 Å². The summed E-state index contributed by atoms with van der Waals surface area (Å²) in [5.41, 5.74) is 0.663. The molecule has 3 N–H and O–H groups in total. The van der Waals surface area contributed by atoms with E-state index in [4.69, 9.17) is 11.6 Å². The Morgan fingerprint density at radius 2 is 2.35 bits per heavy atom. The van der Waals surface area contributed by atoms with E-state index < -0.39 is 0 Å². The Kier molecular flexibility index (Phi) is 2.82. The predicted molar refractivity (Wildman–Crippen MR) is 66.2 cm³/mol. The largest absolute Gasteiger partial charge is 0.365 e. The molecule has 1 aliphatic heterocycles. The van der Waals surface area contributed by atoms with Crippen LogP contribution in [0.4, 0.5) is 5.82 Å². The number of nitrogens with one attached hydrogen (secondary N) is 3. The van der Waals surface area contributed by atoms with E-state index in [1.54, 1.807) is 6.20 Å². The number of rotatable bonds is 2. The molecule has 0 aromatic carbocycles. The van der Waals surface area contributed by atoms with Crippen LogP contribution in [0.1, 0.15) is 12.8 Å². The van der Waals surface area contributed by atoms with Gasteiger partial charge >= 0.3 is 0 Å². The van der Waals surface area contributed by atoms with Gasteiger partial charge < -0.3 is 10.6 Å². The molecule has 0 saturated carbocycles. The fourth-order valence-electron chi connectivity index (χ4n) is 2.09. The normalized spacial score (nSPS) is 20.6. The number of aromatic amines is 1. The number of halogens is 1. The van der Waals surface area contributed by atoms with E-state index in [0.29, 0.717) is 11.7 Å². The van der Waals surface area contributed by atoms with Gasteiger partial charge in [-0.05, 0) is 31.0 Å². The zero-order chi connectivity index (χ0) is 11.7. The fourth-order valence-corrected chi connectivity index (χ4v) is 2.26. The molecule has 1 atom stereocenters. The monoisotopic (exact) mass is 252 g/mol. The molecular weight excluding hydrogens is 240 g/mol. The second-order valence-corrected chi connectivity index (χ2v) is 4.50. The van der Waals surface area contributed by atoms with E-state index in [0.717, 1.165) is 30.7 Å². The zero-order valence-corrected chi connectivity index (χ0v) is 9.96. The Bertz CT molecular complexity index is 518. The molecule has 0 spiro atoms. The third-order valence-electron chi connectivity index (χ3n) is 2.92. The third kappa shape index (κ3) is 2.18. The van der Waals surface area contributed by atoms with Gasteiger partial charge in [0.2, 0.25) is 5.28 Å². The number of fused-ring (bicyclic) bond motifs is 1. The van der Waals surface area contributed by atoms with Gasteiger partial charge in [0.25, 0.3) is 0 Å². The average Bonchev–Trinajstić information content (AvgIpc) is 2.78. The van der Waals surface area contributed by atoms with Crippen molar-refractivity contribution in [2.45, 2.75) is 18.9 Å². The van der Waals surface area contributed by atoms with Crippen LogP contribution in [0.2, 0.25) is 5.28 Å². The van der Waals surface area contributed by atoms with Crippen molar-refractivity contribution in [2.75, 3.05) is 18.4 Å². The van der Waals surface area contributed by atoms with Crippen LogP contribution in [0.25, 0.3) is 11.0 Å². The second kappa shape index (κ2) is 4.46. The lowest BCUT2D eigenvalue weighted by molar-refractivity contribution is 0.479. The highest BCUT2D eigenvalue weighted by atomic mass is 35.5. The molecule has 0 aliphatic carbocycles. The molecule has 2 aromatic heterocycles. The second-order valence-electron chi connectivity index (χ2n) is 4.16. The molecule has 0 radical (unpaired) electrons. The summed E-state index contributed by atoms with van der Waals surface area (Å²) in [4.78, 5) is 8.29. The van der Waals surface area contributed by atoms with Gasteiger partial charge in [0.1, 0.15) is 5.82 Å². The van der Waals surface area contributed by atoms with Crippen molar-refractivity contribution < 1.29 is 0 Å². The molecule has 2 aromatic rings. The molecule has 1 saturated heterocycles. The van der Waals surface area contributed by atoms with Crippen LogP contribution in [0.5, 0.6) is 0 Å². The molecule has 90 valence electrons. The first-order valence-corrected chi connectivity index (χ1v) is 6.04. The van der Waals surface area contributed by atoms with E-state index in [9.17, 15) is 0 Å². The minimum atomic E-state index is 0.230. The summed E-state index contributed by atoms with van der Waals surface area (Å²) in [6.45, 7) is 2.03. The van der Waals surface area contributed by atoms with Crippen molar-refractivity contribution in [3.63, 3.8) is 0 Å². The summed E-state index contributed by atoms with van der Waals surface area (Å²) in [5, 5.41) is 14.6. The molecule has 0 amide bonds. The van der Waals surface area contributed by atoms with Gasteiger partial charge in [-0.15, -0.1) is 0 Å². The minimum Gasteiger partial charge on any atom is -0.365 e. The quantitative estimate of drug-likeness (QED) is 0.700. The van der Waals surface area contributed by atoms with Gasteiger partial charge in [0, 0.05) is 12.6 Å². The van der Waals surface area contributed by atoms with Crippen LogP contribution in [0, 0.1) is 0 Å². The Balaban J connectivity index is 1.90. The van der Waals surface area contributed by atoms with Crippen molar-refractivity contribution in [1.29, 1.82) is 0 Å². The van der Waals surface area contributed by atoms with Crippen molar-refractivity contribution >= 4 is 28.5 Å². The van der Waals surface area contributed by atoms with Gasteiger partial charge in [-0.1, -0.05) is 0 Å². The highest BCUT2D eigenvalue weighted by Gasteiger charge is 2.16. The first-order chi connectivity index (χ1) is 8.33. The Hall–Kier alpha value is -1.40. The van der Waals surface area contributed by atoms with Crippen LogP contribution < -0.4 is 10.6 Å². The highest BCUT2D eigenvalue weighted by Crippen LogP contribution is 2.21. The number of hydrogen-bond donors (Lipinski definition) is 3. The van der Waals surface area contributed by atoms with Crippen LogP contribution >= 0.6 is 11.6 Å². The molecule has 1 aliphatic rings. The van der Waals surface area contributed by atoms with E-state index in [1.807, 2.05) is 0 Å². The Morgan fingerprint density at radius 1 is 1.41 bits per heavy atom. The number of anilines is 1. The molecule has 0 bridgehead atoms. The molecule has 7 heteroatoms. The summed E-state index contributed by atoms with van der Waals surface area (Å²) in [6, 6.07) is 0.382. The van der Waals surface area contributed by atoms with Crippen molar-refractivity contribution in [3.8, 4) is 0 Å². The smallest absolute Gasteiger partial charge is 0.226 e. The molecular formula is C10H13ClN6. The lowest BCUT2D eigenvalue weighted by atomic mass is 10.1. The standard InChI is InChI=1S/C10H13ClN6/c11-10-15-8(7-5-13-17-9(7)16-10)14-6-2-1-3-12-4-6/h5-6,12H,1-4H2,(H2,13,14,15,16,17)/t6-/m1/s1. The zero-order valence-electron chi connectivity index (χ0n) is 9.20. The maximum Gasteiger partial charge on any atom is 0.226 e. The van der Waals surface area contributed by atoms with Crippen molar-refractivity contribution in [2.24, 2.45) is 0 Å². The third-order valence-corrected chi connectivity index (χ3v) is 3.09. The summed E-state index contributed by atoms with van der Waals surface area (Å²) >= 11 is 5.87. The maximum atomic E-state index is 5.87. The molecule has 0 unspecified atom stereocenters. The fraction of sp³-hybridized carbons (Fsp3) is 0.500. The van der Waals surface area contributed by atoms with Gasteiger partial charge in [-0.2, -0.15) is 15.1 Å². The van der Waals surface area contributed by atoms with Crippen LogP contribution in [0.3, 0.4) is 0 Å². The highest BCUT2D eigenvalue weighted by molar-refractivity contribution is 6.28. The van der Waals surface area contributed by atoms with Crippen LogP contribution in [-0.2, 0) is 0 Å². The minimum absolute atomic E-state index is 0.230. The average molecular weight is 253 g/mol. The number of aromatic nitrogens is 4. The molecule has 17 heavy (non-hydrogen) atoms.